The van der Waals surface area contributed by atoms with Crippen LogP contribution in [0.5, 0.6) is 0 Å². The number of hydrogen-bond acceptors (Lipinski definition) is 8. The number of hydrogen-bond donors (Lipinski definition) is 2. The fraction of sp³-hybridized carbons (Fsp3) is 0.357. The van der Waals surface area contributed by atoms with Gasteiger partial charge in [-0.3, -0.25) is 4.72 Å². The summed E-state index contributed by atoms with van der Waals surface area (Å²) in [6, 6.07) is 14.6. The molecule has 0 saturated heterocycles. The quantitative estimate of drug-likeness (QED) is 0.292. The van der Waals surface area contributed by atoms with Crippen molar-refractivity contribution < 1.29 is 8.42 Å². The monoisotopic (exact) mass is 565 g/mol. The lowest BCUT2D eigenvalue weighted by Crippen LogP contribution is -2.36. The summed E-state index contributed by atoms with van der Waals surface area (Å²) in [4.78, 5) is 11.8. The zero-order chi connectivity index (χ0) is 27.6. The van der Waals surface area contributed by atoms with Gasteiger partial charge in [-0.15, -0.1) is 10.2 Å². The number of anilines is 2. The minimum Gasteiger partial charge on any atom is -0.351 e. The van der Waals surface area contributed by atoms with Gasteiger partial charge in [0.25, 0.3) is 10.0 Å². The Bertz CT molecular complexity index is 1570. The van der Waals surface area contributed by atoms with Gasteiger partial charge in [-0.1, -0.05) is 30.7 Å². The Labute approximate surface area is 234 Å². The fourth-order valence-corrected chi connectivity index (χ4v) is 6.54. The van der Waals surface area contributed by atoms with E-state index in [1.165, 1.54) is 25.0 Å². The van der Waals surface area contributed by atoms with Crippen molar-refractivity contribution in [1.82, 2.24) is 25.1 Å². The van der Waals surface area contributed by atoms with Crippen LogP contribution in [-0.2, 0) is 16.4 Å². The second-order valence-electron chi connectivity index (χ2n) is 10.1. The van der Waals surface area contributed by atoms with Crippen LogP contribution in [0.3, 0.4) is 0 Å². The number of fused-ring (bicyclic) bond motifs is 1. The highest BCUT2D eigenvalue weighted by atomic mass is 35.5. The summed E-state index contributed by atoms with van der Waals surface area (Å²) < 4.78 is 27.9. The summed E-state index contributed by atoms with van der Waals surface area (Å²) in [7, 11) is 0.404. The number of benzene rings is 2. The molecule has 9 nitrogen and oxygen atoms in total. The van der Waals surface area contributed by atoms with Gasteiger partial charge in [0.15, 0.2) is 5.82 Å². The Morgan fingerprint density at radius 3 is 2.46 bits per heavy atom. The molecule has 0 aliphatic heterocycles. The molecule has 2 aromatic carbocycles. The third-order valence-corrected chi connectivity index (χ3v) is 9.08. The van der Waals surface area contributed by atoms with Crippen LogP contribution in [0.25, 0.3) is 22.2 Å². The molecule has 1 fully saturated rings. The minimum atomic E-state index is -3.89. The molecule has 204 valence electrons. The van der Waals surface area contributed by atoms with Crippen LogP contribution in [0.15, 0.2) is 59.6 Å². The number of nitrogens with zero attached hydrogens (tertiary/aromatic N) is 5. The Morgan fingerprint density at radius 2 is 1.79 bits per heavy atom. The lowest BCUT2D eigenvalue weighted by atomic mass is 9.90. The van der Waals surface area contributed by atoms with Crippen LogP contribution in [0, 0.1) is 0 Å². The molecule has 1 saturated carbocycles. The third-order valence-electron chi connectivity index (χ3n) is 7.23. The summed E-state index contributed by atoms with van der Waals surface area (Å²) in [6.07, 6.45) is 7.18. The summed E-state index contributed by atoms with van der Waals surface area (Å²) in [6.45, 7) is 2.09. The van der Waals surface area contributed by atoms with E-state index in [0.717, 1.165) is 41.3 Å². The van der Waals surface area contributed by atoms with Crippen molar-refractivity contribution in [2.75, 3.05) is 24.1 Å². The molecule has 0 atom stereocenters. The molecule has 11 heteroatoms. The standard InChI is InChI=1S/C28H32ClN7O2S/c1-4-18-15-19(24-13-14-26(34-33-24)35-39(37,38)25-8-6-5-7-23(25)29)16-20-17-30-28(32-27(18)20)31-21-9-11-22(12-10-21)36(2)3/h5-8,13-17,21-22H,4,9-12H2,1-3H3,(H,34,35)(H,30,31,32). The molecule has 1 aliphatic rings. The maximum Gasteiger partial charge on any atom is 0.264 e. The van der Waals surface area contributed by atoms with Crippen molar-refractivity contribution in [2.24, 2.45) is 0 Å². The fourth-order valence-electron chi connectivity index (χ4n) is 5.02. The maximum atomic E-state index is 12.7. The van der Waals surface area contributed by atoms with Gasteiger partial charge in [-0.05, 0) is 88.2 Å². The molecule has 0 amide bonds. The third kappa shape index (κ3) is 6.13. The molecule has 1 aliphatic carbocycles. The summed E-state index contributed by atoms with van der Waals surface area (Å²) in [5.74, 6) is 0.766. The molecular formula is C28H32ClN7O2S. The molecule has 5 rings (SSSR count). The molecule has 2 N–H and O–H groups in total. The highest BCUT2D eigenvalue weighted by Gasteiger charge is 2.23. The number of aryl methyl sites for hydroxylation is 1. The van der Waals surface area contributed by atoms with E-state index in [0.29, 0.717) is 23.7 Å². The van der Waals surface area contributed by atoms with E-state index in [9.17, 15) is 8.42 Å². The Kier molecular flexibility index (Phi) is 7.97. The van der Waals surface area contributed by atoms with E-state index in [1.54, 1.807) is 24.3 Å². The predicted octanol–water partition coefficient (Wildman–Crippen LogP) is 5.39. The lowest BCUT2D eigenvalue weighted by Gasteiger charge is -2.32. The number of rotatable bonds is 8. The highest BCUT2D eigenvalue weighted by molar-refractivity contribution is 7.92. The van der Waals surface area contributed by atoms with Crippen LogP contribution < -0.4 is 10.0 Å². The van der Waals surface area contributed by atoms with Crippen molar-refractivity contribution in [2.45, 2.75) is 56.0 Å². The largest absolute Gasteiger partial charge is 0.351 e. The van der Waals surface area contributed by atoms with E-state index < -0.39 is 10.0 Å². The van der Waals surface area contributed by atoms with Gasteiger partial charge in [0.05, 0.1) is 16.2 Å². The first kappa shape index (κ1) is 27.2. The first-order valence-corrected chi connectivity index (χ1v) is 14.9. The van der Waals surface area contributed by atoms with Gasteiger partial charge in [0.2, 0.25) is 5.95 Å². The maximum absolute atomic E-state index is 12.7. The van der Waals surface area contributed by atoms with Crippen molar-refractivity contribution >= 4 is 44.3 Å². The van der Waals surface area contributed by atoms with Crippen molar-refractivity contribution in [3.63, 3.8) is 0 Å². The summed E-state index contributed by atoms with van der Waals surface area (Å²) in [5, 5.41) is 13.0. The molecule has 0 bridgehead atoms. The Hall–Kier alpha value is -3.34. The predicted molar refractivity (Wildman–Crippen MR) is 156 cm³/mol. The first-order chi connectivity index (χ1) is 18.7. The average molecular weight is 566 g/mol. The van der Waals surface area contributed by atoms with E-state index in [4.69, 9.17) is 16.6 Å². The van der Waals surface area contributed by atoms with Crippen LogP contribution in [0.2, 0.25) is 5.02 Å². The summed E-state index contributed by atoms with van der Waals surface area (Å²) >= 11 is 6.06. The second kappa shape index (κ2) is 11.4. The van der Waals surface area contributed by atoms with Gasteiger partial charge in [-0.25, -0.2) is 18.4 Å². The van der Waals surface area contributed by atoms with E-state index >= 15 is 0 Å². The van der Waals surface area contributed by atoms with Gasteiger partial charge >= 0.3 is 0 Å². The van der Waals surface area contributed by atoms with Gasteiger partial charge in [0, 0.05) is 29.2 Å². The van der Waals surface area contributed by atoms with E-state index in [-0.39, 0.29) is 15.7 Å². The van der Waals surface area contributed by atoms with E-state index in [1.807, 2.05) is 12.3 Å². The van der Waals surface area contributed by atoms with Crippen LogP contribution in [0.1, 0.15) is 38.2 Å². The molecule has 4 aromatic rings. The van der Waals surface area contributed by atoms with Gasteiger partial charge in [0.1, 0.15) is 4.90 Å². The molecule has 39 heavy (non-hydrogen) atoms. The normalized spacial score (nSPS) is 17.9. The SMILES string of the molecule is CCc1cc(-c2ccc(NS(=O)(=O)c3ccccc3Cl)nn2)cc2cnc(NC3CCC(N(C)C)CC3)nc12. The number of halogens is 1. The van der Waals surface area contributed by atoms with Gasteiger partial charge < -0.3 is 10.2 Å². The first-order valence-electron chi connectivity index (χ1n) is 13.1. The zero-order valence-corrected chi connectivity index (χ0v) is 23.8. The average Bonchev–Trinajstić information content (AvgIpc) is 2.93. The van der Waals surface area contributed by atoms with Crippen LogP contribution in [0.4, 0.5) is 11.8 Å². The molecule has 2 heterocycles. The number of nitrogens with one attached hydrogen (secondary N) is 2. The van der Waals surface area contributed by atoms with Gasteiger partial charge in [-0.2, -0.15) is 0 Å². The Morgan fingerprint density at radius 1 is 1.03 bits per heavy atom. The zero-order valence-electron chi connectivity index (χ0n) is 22.2. The number of aromatic nitrogens is 4. The van der Waals surface area contributed by atoms with E-state index in [2.05, 4.69) is 57.2 Å². The van der Waals surface area contributed by atoms with Crippen LogP contribution >= 0.6 is 11.6 Å². The van der Waals surface area contributed by atoms with Crippen molar-refractivity contribution in [3.05, 3.63) is 65.3 Å². The molecule has 0 unspecified atom stereocenters. The van der Waals surface area contributed by atoms with Crippen molar-refractivity contribution in [3.8, 4) is 11.3 Å². The minimum absolute atomic E-state index is 0.0187. The molecule has 0 spiro atoms. The second-order valence-corrected chi connectivity index (χ2v) is 12.1. The highest BCUT2D eigenvalue weighted by Crippen LogP contribution is 2.29. The summed E-state index contributed by atoms with van der Waals surface area (Å²) in [5.41, 5.74) is 3.47. The number of sulfonamides is 1. The molecule has 0 radical (unpaired) electrons. The molecule has 2 aromatic heterocycles. The lowest BCUT2D eigenvalue weighted by molar-refractivity contribution is 0.221. The topological polar surface area (TPSA) is 113 Å². The van der Waals surface area contributed by atoms with Crippen LogP contribution in [-0.4, -0.2) is 59.7 Å². The molecular weight excluding hydrogens is 534 g/mol. The Balaban J connectivity index is 1.34. The van der Waals surface area contributed by atoms with Crippen molar-refractivity contribution in [1.29, 1.82) is 0 Å². The smallest absolute Gasteiger partial charge is 0.264 e.